The Bertz CT molecular complexity index is 930. The largest absolute Gasteiger partial charge is 0.324 e. The first-order valence-corrected chi connectivity index (χ1v) is 7.44. The second-order valence-corrected chi connectivity index (χ2v) is 5.34. The molecule has 0 aliphatic carbocycles. The molecule has 3 aromatic rings. The van der Waals surface area contributed by atoms with E-state index >= 15 is 0 Å². The molecule has 0 fully saturated rings. The van der Waals surface area contributed by atoms with Crippen LogP contribution in [0.25, 0.3) is 0 Å². The fraction of sp³-hybridized carbons (Fsp3) is 0.0556. The standard InChI is InChI=1S/C18H14F2N4O/c1-11-3-2-4-13(9-11)22-18-21-8-7-16(24-18)17(25)23-15-6-5-12(19)10-14(15)20/h2-10H,1H3,(H,23,25)(H,21,22,24). The Morgan fingerprint density at radius 1 is 1.08 bits per heavy atom. The number of carbonyl (C=O) groups is 1. The normalized spacial score (nSPS) is 10.4. The van der Waals surface area contributed by atoms with Gasteiger partial charge in [0.1, 0.15) is 17.3 Å². The second kappa shape index (κ2) is 7.04. The molecule has 0 radical (unpaired) electrons. The highest BCUT2D eigenvalue weighted by molar-refractivity contribution is 6.03. The summed E-state index contributed by atoms with van der Waals surface area (Å²) in [4.78, 5) is 20.4. The minimum atomic E-state index is -0.861. The summed E-state index contributed by atoms with van der Waals surface area (Å²) in [5.74, 6) is -1.97. The highest BCUT2D eigenvalue weighted by Crippen LogP contribution is 2.17. The van der Waals surface area contributed by atoms with Gasteiger partial charge in [0.2, 0.25) is 5.95 Å². The van der Waals surface area contributed by atoms with Crippen LogP contribution in [0.2, 0.25) is 0 Å². The number of carbonyl (C=O) groups excluding carboxylic acids is 1. The molecule has 0 aliphatic heterocycles. The fourth-order valence-electron chi connectivity index (χ4n) is 2.17. The number of nitrogens with one attached hydrogen (secondary N) is 2. The van der Waals surface area contributed by atoms with Crippen LogP contribution in [0.5, 0.6) is 0 Å². The highest BCUT2D eigenvalue weighted by Gasteiger charge is 2.12. The molecule has 2 N–H and O–H groups in total. The third-order valence-electron chi connectivity index (χ3n) is 3.34. The lowest BCUT2D eigenvalue weighted by atomic mass is 10.2. The Balaban J connectivity index is 1.77. The smallest absolute Gasteiger partial charge is 0.274 e. The van der Waals surface area contributed by atoms with Gasteiger partial charge >= 0.3 is 0 Å². The minimum Gasteiger partial charge on any atom is -0.324 e. The van der Waals surface area contributed by atoms with Crippen LogP contribution in [0, 0.1) is 18.6 Å². The number of hydrogen-bond donors (Lipinski definition) is 2. The van der Waals surface area contributed by atoms with Gasteiger partial charge in [-0.15, -0.1) is 0 Å². The maximum atomic E-state index is 13.6. The minimum absolute atomic E-state index is 0.0499. The summed E-state index contributed by atoms with van der Waals surface area (Å²) in [6, 6.07) is 11.9. The van der Waals surface area contributed by atoms with Gasteiger partial charge in [0.25, 0.3) is 5.91 Å². The topological polar surface area (TPSA) is 66.9 Å². The van der Waals surface area contributed by atoms with Gasteiger partial charge in [-0.05, 0) is 42.8 Å². The molecular formula is C18H14F2N4O. The predicted octanol–water partition coefficient (Wildman–Crippen LogP) is 4.06. The van der Waals surface area contributed by atoms with Crippen LogP contribution in [0.4, 0.5) is 26.1 Å². The van der Waals surface area contributed by atoms with Crippen LogP contribution in [-0.4, -0.2) is 15.9 Å². The Kier molecular flexibility index (Phi) is 4.65. The molecule has 126 valence electrons. The predicted molar refractivity (Wildman–Crippen MR) is 90.8 cm³/mol. The summed E-state index contributed by atoms with van der Waals surface area (Å²) >= 11 is 0. The number of halogens is 2. The molecule has 7 heteroatoms. The average Bonchev–Trinajstić information content (AvgIpc) is 2.57. The van der Waals surface area contributed by atoms with E-state index in [4.69, 9.17) is 0 Å². The number of hydrogen-bond acceptors (Lipinski definition) is 4. The maximum Gasteiger partial charge on any atom is 0.274 e. The van der Waals surface area contributed by atoms with Gasteiger partial charge in [-0.25, -0.2) is 18.7 Å². The van der Waals surface area contributed by atoms with Crippen molar-refractivity contribution in [3.63, 3.8) is 0 Å². The van der Waals surface area contributed by atoms with Crippen LogP contribution in [-0.2, 0) is 0 Å². The van der Waals surface area contributed by atoms with E-state index in [1.807, 2.05) is 31.2 Å². The van der Waals surface area contributed by atoms with Crippen molar-refractivity contribution in [3.05, 3.63) is 77.6 Å². The van der Waals surface area contributed by atoms with Crippen molar-refractivity contribution in [2.45, 2.75) is 6.92 Å². The van der Waals surface area contributed by atoms with Crippen molar-refractivity contribution in [2.24, 2.45) is 0 Å². The van der Waals surface area contributed by atoms with E-state index in [1.54, 1.807) is 0 Å². The average molecular weight is 340 g/mol. The molecule has 0 unspecified atom stereocenters. The molecule has 2 aromatic carbocycles. The third-order valence-corrected chi connectivity index (χ3v) is 3.34. The number of aryl methyl sites for hydroxylation is 1. The maximum absolute atomic E-state index is 13.6. The number of benzene rings is 2. The number of amides is 1. The molecule has 0 aliphatic rings. The summed E-state index contributed by atoms with van der Waals surface area (Å²) in [7, 11) is 0. The summed E-state index contributed by atoms with van der Waals surface area (Å²) in [5, 5.41) is 5.35. The van der Waals surface area contributed by atoms with Gasteiger partial charge in [0, 0.05) is 18.0 Å². The summed E-state index contributed by atoms with van der Waals surface area (Å²) in [5.41, 5.74) is 1.76. The Morgan fingerprint density at radius 3 is 2.68 bits per heavy atom. The van der Waals surface area contributed by atoms with Crippen LogP contribution >= 0.6 is 0 Å². The van der Waals surface area contributed by atoms with Gasteiger partial charge in [-0.1, -0.05) is 12.1 Å². The molecule has 5 nitrogen and oxygen atoms in total. The zero-order valence-electron chi connectivity index (χ0n) is 13.3. The lowest BCUT2D eigenvalue weighted by Crippen LogP contribution is -2.15. The van der Waals surface area contributed by atoms with E-state index < -0.39 is 17.5 Å². The highest BCUT2D eigenvalue weighted by atomic mass is 19.1. The van der Waals surface area contributed by atoms with E-state index in [0.717, 1.165) is 23.4 Å². The molecule has 0 spiro atoms. The van der Waals surface area contributed by atoms with Gasteiger partial charge in [-0.3, -0.25) is 4.79 Å². The van der Waals surface area contributed by atoms with Crippen molar-refractivity contribution in [2.75, 3.05) is 10.6 Å². The Labute approximate surface area is 142 Å². The molecule has 1 aromatic heterocycles. The number of nitrogens with zero attached hydrogens (tertiary/aromatic N) is 2. The quantitative estimate of drug-likeness (QED) is 0.752. The molecule has 25 heavy (non-hydrogen) atoms. The molecule has 0 saturated carbocycles. The molecule has 1 heterocycles. The SMILES string of the molecule is Cc1cccc(Nc2nccc(C(=O)Nc3ccc(F)cc3F)n2)c1. The monoisotopic (exact) mass is 340 g/mol. The van der Waals surface area contributed by atoms with Crippen molar-refractivity contribution >= 4 is 23.2 Å². The van der Waals surface area contributed by atoms with Crippen LogP contribution < -0.4 is 10.6 Å². The van der Waals surface area contributed by atoms with Crippen molar-refractivity contribution in [1.82, 2.24) is 9.97 Å². The summed E-state index contributed by atoms with van der Waals surface area (Å²) in [6.07, 6.45) is 1.42. The van der Waals surface area contributed by atoms with Gasteiger partial charge in [0.05, 0.1) is 5.69 Å². The van der Waals surface area contributed by atoms with E-state index in [-0.39, 0.29) is 17.3 Å². The van der Waals surface area contributed by atoms with E-state index in [9.17, 15) is 13.6 Å². The molecule has 0 saturated heterocycles. The molecule has 3 rings (SSSR count). The zero-order chi connectivity index (χ0) is 17.8. The number of anilines is 3. The number of rotatable bonds is 4. The molecule has 0 atom stereocenters. The van der Waals surface area contributed by atoms with Gasteiger partial charge in [0.15, 0.2) is 0 Å². The first-order valence-electron chi connectivity index (χ1n) is 7.44. The van der Waals surface area contributed by atoms with Crippen molar-refractivity contribution in [3.8, 4) is 0 Å². The Morgan fingerprint density at radius 2 is 1.92 bits per heavy atom. The van der Waals surface area contributed by atoms with Crippen molar-refractivity contribution in [1.29, 1.82) is 0 Å². The fourth-order valence-corrected chi connectivity index (χ4v) is 2.17. The van der Waals surface area contributed by atoms with Crippen LogP contribution in [0.15, 0.2) is 54.7 Å². The number of aromatic nitrogens is 2. The zero-order valence-corrected chi connectivity index (χ0v) is 13.3. The van der Waals surface area contributed by atoms with E-state index in [1.165, 1.54) is 12.3 Å². The first-order chi connectivity index (χ1) is 12.0. The summed E-state index contributed by atoms with van der Waals surface area (Å²) < 4.78 is 26.5. The Hall–Kier alpha value is -3.35. The van der Waals surface area contributed by atoms with Gasteiger partial charge in [-0.2, -0.15) is 0 Å². The van der Waals surface area contributed by atoms with Crippen LogP contribution in [0.3, 0.4) is 0 Å². The van der Waals surface area contributed by atoms with Gasteiger partial charge < -0.3 is 10.6 Å². The third kappa shape index (κ3) is 4.14. The second-order valence-electron chi connectivity index (χ2n) is 5.34. The van der Waals surface area contributed by atoms with E-state index in [0.29, 0.717) is 6.07 Å². The first kappa shape index (κ1) is 16.5. The van der Waals surface area contributed by atoms with Crippen molar-refractivity contribution < 1.29 is 13.6 Å². The van der Waals surface area contributed by atoms with Crippen LogP contribution in [0.1, 0.15) is 16.1 Å². The van der Waals surface area contributed by atoms with E-state index in [2.05, 4.69) is 20.6 Å². The lowest BCUT2D eigenvalue weighted by Gasteiger charge is -2.08. The molecular weight excluding hydrogens is 326 g/mol. The molecule has 0 bridgehead atoms. The molecule has 1 amide bonds. The summed E-state index contributed by atoms with van der Waals surface area (Å²) in [6.45, 7) is 1.95. The lowest BCUT2D eigenvalue weighted by molar-refractivity contribution is 0.102.